The third-order valence-corrected chi connectivity index (χ3v) is 3.86. The summed E-state index contributed by atoms with van der Waals surface area (Å²) in [6.07, 6.45) is 0. The van der Waals surface area contributed by atoms with E-state index in [2.05, 4.69) is 4.83 Å². The molecule has 20 heavy (non-hydrogen) atoms. The largest absolute Gasteiger partial charge is 0.282 e. The first-order valence-electron chi connectivity index (χ1n) is 5.64. The normalized spacial score (nSPS) is 11.2. The smallest absolute Gasteiger partial charge is 0.258 e. The molecular weight excluding hydrogens is 282 g/mol. The molecule has 0 spiro atoms. The van der Waals surface area contributed by atoms with Crippen LogP contribution in [0.25, 0.3) is 0 Å². The number of quaternary nitrogens is 1. The molecule has 7 nitrogen and oxygen atoms in total. The van der Waals surface area contributed by atoms with Crippen molar-refractivity contribution in [3.05, 3.63) is 64.7 Å². The first-order valence-corrected chi connectivity index (χ1v) is 7.12. The summed E-state index contributed by atoms with van der Waals surface area (Å²) in [4.78, 5) is 12.2. The molecule has 2 aromatic carbocycles. The summed E-state index contributed by atoms with van der Waals surface area (Å²) in [6.45, 7) is 0. The highest BCUT2D eigenvalue weighted by atomic mass is 32.2. The molecule has 0 bridgehead atoms. The number of rotatable bonds is 5. The number of sulfonamides is 1. The maximum atomic E-state index is 12.0. The van der Waals surface area contributed by atoms with Crippen LogP contribution < -0.4 is 10.3 Å². The van der Waals surface area contributed by atoms with E-state index in [0.717, 1.165) is 12.1 Å². The SMILES string of the molecule is O=[N+]([O-])c1ccc(S(=O)(=O)N[NH2+]c2ccccc2)cc1. The number of benzene rings is 2. The van der Waals surface area contributed by atoms with E-state index in [9.17, 15) is 18.5 Å². The van der Waals surface area contributed by atoms with E-state index in [4.69, 9.17) is 0 Å². The molecule has 0 aliphatic carbocycles. The van der Waals surface area contributed by atoms with Crippen LogP contribution in [0.1, 0.15) is 0 Å². The van der Waals surface area contributed by atoms with Crippen molar-refractivity contribution in [1.29, 1.82) is 0 Å². The van der Waals surface area contributed by atoms with Crippen LogP contribution in [-0.2, 0) is 10.0 Å². The first kappa shape index (κ1) is 14.1. The van der Waals surface area contributed by atoms with Crippen LogP contribution in [0.2, 0.25) is 0 Å². The fraction of sp³-hybridized carbons (Fsp3) is 0. The fourth-order valence-corrected chi connectivity index (χ4v) is 2.43. The van der Waals surface area contributed by atoms with Crippen molar-refractivity contribution >= 4 is 21.4 Å². The molecular formula is C12H12N3O4S+. The summed E-state index contributed by atoms with van der Waals surface area (Å²) < 4.78 is 23.9. The van der Waals surface area contributed by atoms with E-state index in [-0.39, 0.29) is 10.6 Å². The second-order valence-corrected chi connectivity index (χ2v) is 5.64. The Bertz CT molecular complexity index is 699. The molecule has 0 heterocycles. The molecule has 0 radical (unpaired) electrons. The highest BCUT2D eigenvalue weighted by molar-refractivity contribution is 7.89. The maximum Gasteiger partial charge on any atom is 0.282 e. The number of nitro groups is 1. The van der Waals surface area contributed by atoms with E-state index in [1.807, 2.05) is 6.07 Å². The number of nitrogens with two attached hydrogens (primary N) is 1. The van der Waals surface area contributed by atoms with Gasteiger partial charge >= 0.3 is 0 Å². The zero-order valence-electron chi connectivity index (χ0n) is 10.3. The number of nitro benzene ring substituents is 1. The molecule has 0 unspecified atom stereocenters. The number of para-hydroxylation sites is 1. The fourth-order valence-electron chi connectivity index (χ4n) is 1.51. The van der Waals surface area contributed by atoms with Gasteiger partial charge in [0.1, 0.15) is 5.69 Å². The molecule has 0 aromatic heterocycles. The van der Waals surface area contributed by atoms with Crippen LogP contribution in [0, 0.1) is 10.1 Å². The summed E-state index contributed by atoms with van der Waals surface area (Å²) in [5.74, 6) is 0. The van der Waals surface area contributed by atoms with Crippen molar-refractivity contribution in [3.8, 4) is 0 Å². The van der Waals surface area contributed by atoms with Gasteiger partial charge in [0.05, 0.1) is 9.82 Å². The lowest BCUT2D eigenvalue weighted by Crippen LogP contribution is -2.89. The predicted molar refractivity (Wildman–Crippen MR) is 71.4 cm³/mol. The number of nitrogens with one attached hydrogen (secondary N) is 1. The third kappa shape index (κ3) is 3.38. The Hall–Kier alpha value is -2.29. The monoisotopic (exact) mass is 294 g/mol. The van der Waals surface area contributed by atoms with Gasteiger partial charge in [0.2, 0.25) is 0 Å². The summed E-state index contributed by atoms with van der Waals surface area (Å²) >= 11 is 0. The molecule has 2 rings (SSSR count). The highest BCUT2D eigenvalue weighted by Crippen LogP contribution is 2.14. The topological polar surface area (TPSA) is 106 Å². The molecule has 0 saturated heterocycles. The zero-order valence-corrected chi connectivity index (χ0v) is 11.1. The van der Waals surface area contributed by atoms with Gasteiger partial charge in [-0.15, -0.1) is 0 Å². The second kappa shape index (κ2) is 5.78. The van der Waals surface area contributed by atoms with E-state index in [1.165, 1.54) is 17.6 Å². The van der Waals surface area contributed by atoms with Crippen LogP contribution in [-0.4, -0.2) is 13.3 Å². The number of hydrogen-bond donors (Lipinski definition) is 2. The second-order valence-electron chi connectivity index (χ2n) is 3.93. The Morgan fingerprint density at radius 1 is 1.00 bits per heavy atom. The van der Waals surface area contributed by atoms with Gasteiger partial charge < -0.3 is 0 Å². The summed E-state index contributed by atoms with van der Waals surface area (Å²) in [5.41, 5.74) is 1.91. The van der Waals surface area contributed by atoms with E-state index in [0.29, 0.717) is 5.69 Å². The van der Waals surface area contributed by atoms with Gasteiger partial charge in [-0.25, -0.2) is 13.8 Å². The number of hydrogen-bond acceptors (Lipinski definition) is 4. The van der Waals surface area contributed by atoms with Gasteiger partial charge in [-0.05, 0) is 12.1 Å². The van der Waals surface area contributed by atoms with Crippen LogP contribution in [0.5, 0.6) is 0 Å². The molecule has 0 aliphatic rings. The van der Waals surface area contributed by atoms with Crippen molar-refractivity contribution in [2.45, 2.75) is 4.90 Å². The van der Waals surface area contributed by atoms with Crippen LogP contribution in [0.15, 0.2) is 59.5 Å². The molecule has 3 N–H and O–H groups in total. The predicted octanol–water partition coefficient (Wildman–Crippen LogP) is 0.683. The van der Waals surface area contributed by atoms with Gasteiger partial charge in [-0.2, -0.15) is 0 Å². The molecule has 0 fully saturated rings. The number of non-ortho nitro benzene ring substituents is 1. The van der Waals surface area contributed by atoms with E-state index in [1.54, 1.807) is 24.3 Å². The molecule has 8 heteroatoms. The zero-order chi connectivity index (χ0) is 14.6. The molecule has 0 atom stereocenters. The lowest BCUT2D eigenvalue weighted by atomic mass is 10.3. The van der Waals surface area contributed by atoms with Gasteiger partial charge in [0.15, 0.2) is 0 Å². The Morgan fingerprint density at radius 3 is 2.15 bits per heavy atom. The average molecular weight is 294 g/mol. The minimum Gasteiger partial charge on any atom is -0.258 e. The molecule has 0 aliphatic heterocycles. The Balaban J connectivity index is 2.12. The van der Waals surface area contributed by atoms with E-state index < -0.39 is 14.9 Å². The quantitative estimate of drug-likeness (QED) is 0.366. The molecule has 0 amide bonds. The minimum absolute atomic E-state index is 0.0321. The average Bonchev–Trinajstić information content (AvgIpc) is 2.46. The Morgan fingerprint density at radius 2 is 1.60 bits per heavy atom. The number of nitrogens with zero attached hydrogens (tertiary/aromatic N) is 1. The van der Waals surface area contributed by atoms with Crippen LogP contribution >= 0.6 is 0 Å². The lowest BCUT2D eigenvalue weighted by Gasteiger charge is -2.04. The maximum absolute atomic E-state index is 12.0. The van der Waals surface area contributed by atoms with Gasteiger partial charge in [-0.3, -0.25) is 10.1 Å². The van der Waals surface area contributed by atoms with Crippen molar-refractivity contribution in [2.24, 2.45) is 0 Å². The summed E-state index contributed by atoms with van der Waals surface area (Å²) in [7, 11) is -3.73. The van der Waals surface area contributed by atoms with Crippen molar-refractivity contribution in [1.82, 2.24) is 4.83 Å². The summed E-state index contributed by atoms with van der Waals surface area (Å²) in [5, 5.41) is 10.5. The molecule has 2 aromatic rings. The van der Waals surface area contributed by atoms with Crippen molar-refractivity contribution in [3.63, 3.8) is 0 Å². The van der Waals surface area contributed by atoms with Crippen LogP contribution in [0.4, 0.5) is 11.4 Å². The Kier molecular flexibility index (Phi) is 4.08. The Labute approximate surface area is 115 Å². The van der Waals surface area contributed by atoms with Crippen LogP contribution in [0.3, 0.4) is 0 Å². The van der Waals surface area contributed by atoms with Gasteiger partial charge in [0.25, 0.3) is 15.7 Å². The third-order valence-electron chi connectivity index (χ3n) is 2.54. The summed E-state index contributed by atoms with van der Waals surface area (Å²) in [6, 6.07) is 13.6. The van der Waals surface area contributed by atoms with Gasteiger partial charge in [0, 0.05) is 24.3 Å². The molecule has 0 saturated carbocycles. The van der Waals surface area contributed by atoms with Crippen molar-refractivity contribution in [2.75, 3.05) is 0 Å². The first-order chi connectivity index (χ1) is 9.49. The van der Waals surface area contributed by atoms with E-state index >= 15 is 0 Å². The molecule has 104 valence electrons. The standard InChI is InChI=1S/C12H11N3O4S/c16-15(17)11-6-8-12(9-7-11)20(18,19)14-13-10-4-2-1-3-5-10/h1-9,13-14H/p+1. The minimum atomic E-state index is -3.73. The lowest BCUT2D eigenvalue weighted by molar-refractivity contribution is -0.610. The van der Waals surface area contributed by atoms with Gasteiger partial charge in [-0.1, -0.05) is 23.0 Å². The van der Waals surface area contributed by atoms with Crippen molar-refractivity contribution < 1.29 is 18.8 Å². The highest BCUT2D eigenvalue weighted by Gasteiger charge is 2.17.